The van der Waals surface area contributed by atoms with Crippen LogP contribution in [0.1, 0.15) is 49.9 Å². The number of nitrogens with zero attached hydrogens (tertiary/aromatic N) is 3. The predicted octanol–water partition coefficient (Wildman–Crippen LogP) is 2.54. The summed E-state index contributed by atoms with van der Waals surface area (Å²) in [6, 6.07) is 4.26. The second kappa shape index (κ2) is 5.70. The van der Waals surface area contributed by atoms with Crippen LogP contribution in [0.5, 0.6) is 0 Å². The van der Waals surface area contributed by atoms with Crippen molar-refractivity contribution >= 4 is 5.65 Å². The molecule has 1 fully saturated rings. The Kier molecular flexibility index (Phi) is 3.78. The van der Waals surface area contributed by atoms with Crippen LogP contribution in [0.4, 0.5) is 0 Å². The van der Waals surface area contributed by atoms with Gasteiger partial charge in [-0.05, 0) is 38.3 Å². The molecule has 1 unspecified atom stereocenters. The maximum Gasteiger partial charge on any atom is 0.155 e. The van der Waals surface area contributed by atoms with Gasteiger partial charge in [0.1, 0.15) is 0 Å². The van der Waals surface area contributed by atoms with Gasteiger partial charge in [0, 0.05) is 24.7 Å². The van der Waals surface area contributed by atoms with Gasteiger partial charge in [-0.3, -0.25) is 0 Å². The number of hydrogen-bond acceptors (Lipinski definition) is 3. The van der Waals surface area contributed by atoms with E-state index in [1.165, 1.54) is 37.1 Å². The minimum absolute atomic E-state index is 0.568. The first-order chi connectivity index (χ1) is 9.38. The van der Waals surface area contributed by atoms with Crippen molar-refractivity contribution in [2.45, 2.75) is 44.9 Å². The van der Waals surface area contributed by atoms with E-state index in [9.17, 15) is 0 Å². The van der Waals surface area contributed by atoms with E-state index in [0.29, 0.717) is 5.92 Å². The molecule has 1 N–H and O–H groups in total. The fourth-order valence-corrected chi connectivity index (χ4v) is 2.85. The molecule has 0 aliphatic carbocycles. The molecule has 3 rings (SSSR count). The topological polar surface area (TPSA) is 42.2 Å². The average Bonchev–Trinajstić information content (AvgIpc) is 2.88. The van der Waals surface area contributed by atoms with Crippen LogP contribution < -0.4 is 5.32 Å². The molecule has 1 aliphatic rings. The summed E-state index contributed by atoms with van der Waals surface area (Å²) in [6.45, 7) is 4.42. The van der Waals surface area contributed by atoms with Crippen LogP contribution in [-0.2, 0) is 6.42 Å². The minimum atomic E-state index is 0.568. The first-order valence-electron chi connectivity index (χ1n) is 7.42. The first-order valence-corrected chi connectivity index (χ1v) is 7.42. The highest BCUT2D eigenvalue weighted by Crippen LogP contribution is 2.23. The molecule has 19 heavy (non-hydrogen) atoms. The summed E-state index contributed by atoms with van der Waals surface area (Å²) >= 11 is 0. The number of aryl methyl sites for hydroxylation is 1. The number of rotatable bonds is 4. The van der Waals surface area contributed by atoms with Crippen molar-refractivity contribution < 1.29 is 0 Å². The van der Waals surface area contributed by atoms with Gasteiger partial charge in [0.15, 0.2) is 5.65 Å². The maximum absolute atomic E-state index is 4.75. The standard InChI is InChI=1S/C15H22N4/c1-2-3-6-13-10-15-17-9-7-14(19(15)18-13)12-5-4-8-16-11-12/h7,9-10,12,16H,2-6,8,11H2,1H3. The Hall–Kier alpha value is -1.42. The van der Waals surface area contributed by atoms with E-state index >= 15 is 0 Å². The molecule has 0 aromatic carbocycles. The van der Waals surface area contributed by atoms with Gasteiger partial charge in [-0.15, -0.1) is 0 Å². The molecule has 3 heterocycles. The van der Waals surface area contributed by atoms with Crippen molar-refractivity contribution in [3.05, 3.63) is 29.7 Å². The Balaban J connectivity index is 1.92. The molecule has 4 heteroatoms. The van der Waals surface area contributed by atoms with Gasteiger partial charge < -0.3 is 5.32 Å². The number of piperidine rings is 1. The van der Waals surface area contributed by atoms with Crippen molar-refractivity contribution in [3.8, 4) is 0 Å². The zero-order valence-electron chi connectivity index (χ0n) is 11.6. The highest BCUT2D eigenvalue weighted by atomic mass is 15.3. The Labute approximate surface area is 114 Å². The molecule has 0 amide bonds. The summed E-state index contributed by atoms with van der Waals surface area (Å²) in [7, 11) is 0. The van der Waals surface area contributed by atoms with Crippen molar-refractivity contribution in [2.75, 3.05) is 13.1 Å². The Morgan fingerprint density at radius 3 is 3.21 bits per heavy atom. The summed E-state index contributed by atoms with van der Waals surface area (Å²) in [4.78, 5) is 4.45. The van der Waals surface area contributed by atoms with Crippen molar-refractivity contribution in [1.82, 2.24) is 19.9 Å². The monoisotopic (exact) mass is 258 g/mol. The van der Waals surface area contributed by atoms with Crippen LogP contribution in [0.3, 0.4) is 0 Å². The fraction of sp³-hybridized carbons (Fsp3) is 0.600. The van der Waals surface area contributed by atoms with Crippen molar-refractivity contribution in [1.29, 1.82) is 0 Å². The zero-order valence-corrected chi connectivity index (χ0v) is 11.6. The summed E-state index contributed by atoms with van der Waals surface area (Å²) < 4.78 is 2.06. The highest BCUT2D eigenvalue weighted by Gasteiger charge is 2.18. The minimum Gasteiger partial charge on any atom is -0.316 e. The number of nitrogens with one attached hydrogen (secondary N) is 1. The van der Waals surface area contributed by atoms with Gasteiger partial charge >= 0.3 is 0 Å². The van der Waals surface area contributed by atoms with Crippen molar-refractivity contribution in [3.63, 3.8) is 0 Å². The normalized spacial score (nSPS) is 19.9. The molecule has 0 radical (unpaired) electrons. The summed E-state index contributed by atoms with van der Waals surface area (Å²) in [5.41, 5.74) is 3.47. The van der Waals surface area contributed by atoms with E-state index in [2.05, 4.69) is 33.9 Å². The number of hydrogen-bond donors (Lipinski definition) is 1. The molecule has 0 bridgehead atoms. The van der Waals surface area contributed by atoms with E-state index in [4.69, 9.17) is 5.10 Å². The molecular weight excluding hydrogens is 236 g/mol. The summed E-state index contributed by atoms with van der Waals surface area (Å²) in [5.74, 6) is 0.568. The number of aromatic nitrogens is 3. The Bertz CT molecular complexity index is 540. The Morgan fingerprint density at radius 2 is 2.42 bits per heavy atom. The number of fused-ring (bicyclic) bond motifs is 1. The van der Waals surface area contributed by atoms with Gasteiger partial charge in [0.05, 0.1) is 11.4 Å². The third kappa shape index (κ3) is 2.63. The Morgan fingerprint density at radius 1 is 1.47 bits per heavy atom. The lowest BCUT2D eigenvalue weighted by molar-refractivity contribution is 0.448. The maximum atomic E-state index is 4.75. The predicted molar refractivity (Wildman–Crippen MR) is 76.4 cm³/mol. The van der Waals surface area contributed by atoms with Crippen LogP contribution in [-0.4, -0.2) is 27.7 Å². The lowest BCUT2D eigenvalue weighted by Gasteiger charge is -2.23. The van der Waals surface area contributed by atoms with Crippen molar-refractivity contribution in [2.24, 2.45) is 0 Å². The molecule has 1 atom stereocenters. The molecule has 1 aliphatic heterocycles. The quantitative estimate of drug-likeness (QED) is 0.916. The van der Waals surface area contributed by atoms with Gasteiger partial charge in [-0.25, -0.2) is 9.50 Å². The largest absolute Gasteiger partial charge is 0.316 e. The van der Waals surface area contributed by atoms with Crippen LogP contribution in [0.2, 0.25) is 0 Å². The van der Waals surface area contributed by atoms with Crippen LogP contribution >= 0.6 is 0 Å². The third-order valence-electron chi connectivity index (χ3n) is 3.94. The van der Waals surface area contributed by atoms with E-state index < -0.39 is 0 Å². The lowest BCUT2D eigenvalue weighted by atomic mass is 9.96. The fourth-order valence-electron chi connectivity index (χ4n) is 2.85. The second-order valence-corrected chi connectivity index (χ2v) is 5.42. The molecule has 2 aromatic heterocycles. The molecule has 1 saturated heterocycles. The molecule has 0 saturated carbocycles. The van der Waals surface area contributed by atoms with Gasteiger partial charge in [-0.2, -0.15) is 5.10 Å². The average molecular weight is 258 g/mol. The number of unbranched alkanes of at least 4 members (excludes halogenated alkanes) is 1. The van der Waals surface area contributed by atoms with Gasteiger partial charge in [0.25, 0.3) is 0 Å². The second-order valence-electron chi connectivity index (χ2n) is 5.42. The van der Waals surface area contributed by atoms with Gasteiger partial charge in [-0.1, -0.05) is 13.3 Å². The molecule has 4 nitrogen and oxygen atoms in total. The molecule has 2 aromatic rings. The van der Waals surface area contributed by atoms with E-state index in [1.54, 1.807) is 0 Å². The van der Waals surface area contributed by atoms with E-state index in [-0.39, 0.29) is 0 Å². The summed E-state index contributed by atoms with van der Waals surface area (Å²) in [6.07, 6.45) is 7.88. The smallest absolute Gasteiger partial charge is 0.155 e. The van der Waals surface area contributed by atoms with Gasteiger partial charge in [0.2, 0.25) is 0 Å². The third-order valence-corrected chi connectivity index (χ3v) is 3.94. The lowest BCUT2D eigenvalue weighted by Crippen LogP contribution is -2.29. The highest BCUT2D eigenvalue weighted by molar-refractivity contribution is 5.41. The van der Waals surface area contributed by atoms with Crippen LogP contribution in [0.15, 0.2) is 18.3 Å². The molecule has 0 spiro atoms. The zero-order chi connectivity index (χ0) is 13.1. The molecule has 102 valence electrons. The SMILES string of the molecule is CCCCc1cc2nccc(C3CCCNC3)n2n1. The van der Waals surface area contributed by atoms with Crippen LogP contribution in [0, 0.1) is 0 Å². The molecular formula is C15H22N4. The first kappa shape index (κ1) is 12.6. The van der Waals surface area contributed by atoms with E-state index in [1.807, 2.05) is 6.20 Å². The summed E-state index contributed by atoms with van der Waals surface area (Å²) in [5, 5.41) is 8.23. The van der Waals surface area contributed by atoms with Crippen LogP contribution in [0.25, 0.3) is 5.65 Å². The van der Waals surface area contributed by atoms with E-state index in [0.717, 1.165) is 25.2 Å².